The smallest absolute Gasteiger partial charge is 0.257 e. The molecule has 1 aliphatic heterocycles. The van der Waals surface area contributed by atoms with Crippen molar-refractivity contribution in [2.45, 2.75) is 33.6 Å². The number of carbonyl (C=O) groups is 1. The maximum Gasteiger partial charge on any atom is 0.257 e. The fourth-order valence-corrected chi connectivity index (χ4v) is 3.98. The van der Waals surface area contributed by atoms with Crippen molar-refractivity contribution < 1.29 is 4.79 Å². The van der Waals surface area contributed by atoms with E-state index in [1.54, 1.807) is 6.20 Å². The lowest BCUT2D eigenvalue weighted by Crippen LogP contribution is -2.38. The van der Waals surface area contributed by atoms with Gasteiger partial charge in [0.1, 0.15) is 0 Å². The molecule has 1 aliphatic rings. The zero-order valence-electron chi connectivity index (χ0n) is 17.0. The second kappa shape index (κ2) is 7.99. The Labute approximate surface area is 176 Å². The minimum atomic E-state index is 0.0148. The molecule has 3 aromatic rings. The standard InChI is InChI=1S/C23H25ClN4O/c1-14-8-10-28(11-9-14)23(29)19-13-25-22-18(6-4-16(3)26-22)21(19)27-20-7-5-17(24)12-15(20)2/h4-7,12-14H,8-11H2,1-3H3,(H,25,26,27). The van der Waals surface area contributed by atoms with Crippen LogP contribution >= 0.6 is 11.6 Å². The molecular weight excluding hydrogens is 384 g/mol. The van der Waals surface area contributed by atoms with Gasteiger partial charge >= 0.3 is 0 Å². The van der Waals surface area contributed by atoms with Crippen LogP contribution in [0.3, 0.4) is 0 Å². The number of benzene rings is 1. The highest BCUT2D eigenvalue weighted by molar-refractivity contribution is 6.30. The van der Waals surface area contributed by atoms with Crippen LogP contribution in [0.1, 0.15) is 41.4 Å². The molecule has 1 aromatic carbocycles. The Hall–Kier alpha value is -2.66. The Bertz CT molecular complexity index is 1070. The predicted molar refractivity (Wildman–Crippen MR) is 118 cm³/mol. The van der Waals surface area contributed by atoms with Gasteiger partial charge in [-0.2, -0.15) is 0 Å². The lowest BCUT2D eigenvalue weighted by molar-refractivity contribution is 0.0698. The highest BCUT2D eigenvalue weighted by Crippen LogP contribution is 2.32. The van der Waals surface area contributed by atoms with E-state index in [1.807, 2.05) is 49.1 Å². The Morgan fingerprint density at radius 3 is 2.66 bits per heavy atom. The summed E-state index contributed by atoms with van der Waals surface area (Å²) in [6, 6.07) is 9.61. The number of piperidine rings is 1. The first kappa shape index (κ1) is 19.6. The number of carbonyl (C=O) groups excluding carboxylic acids is 1. The number of fused-ring (bicyclic) bond motifs is 1. The SMILES string of the molecule is Cc1ccc2c(Nc3ccc(Cl)cc3C)c(C(=O)N3CCC(C)CC3)cnc2n1. The Morgan fingerprint density at radius 2 is 1.93 bits per heavy atom. The molecular formula is C23H25ClN4O. The van der Waals surface area contributed by atoms with E-state index in [9.17, 15) is 4.79 Å². The summed E-state index contributed by atoms with van der Waals surface area (Å²) in [5.41, 5.74) is 4.76. The molecule has 1 fully saturated rings. The van der Waals surface area contributed by atoms with E-state index >= 15 is 0 Å². The van der Waals surface area contributed by atoms with Crippen LogP contribution in [0.25, 0.3) is 11.0 Å². The largest absolute Gasteiger partial charge is 0.354 e. The quantitative estimate of drug-likeness (QED) is 0.620. The molecule has 2 aromatic heterocycles. The molecule has 29 heavy (non-hydrogen) atoms. The number of nitrogens with zero attached hydrogens (tertiary/aromatic N) is 3. The number of aromatic nitrogens is 2. The molecule has 0 bridgehead atoms. The fourth-order valence-electron chi connectivity index (χ4n) is 3.75. The number of anilines is 2. The molecule has 6 heteroatoms. The van der Waals surface area contributed by atoms with Gasteiger partial charge < -0.3 is 10.2 Å². The van der Waals surface area contributed by atoms with E-state index in [-0.39, 0.29) is 5.91 Å². The summed E-state index contributed by atoms with van der Waals surface area (Å²) in [6.07, 6.45) is 3.72. The Balaban J connectivity index is 1.80. The van der Waals surface area contributed by atoms with Crippen LogP contribution in [0.2, 0.25) is 5.02 Å². The first-order valence-corrected chi connectivity index (χ1v) is 10.4. The minimum absolute atomic E-state index is 0.0148. The molecule has 1 saturated heterocycles. The molecule has 1 amide bonds. The van der Waals surface area contributed by atoms with Gasteiger partial charge in [0.05, 0.1) is 11.3 Å². The zero-order valence-corrected chi connectivity index (χ0v) is 17.8. The summed E-state index contributed by atoms with van der Waals surface area (Å²) in [7, 11) is 0. The number of hydrogen-bond acceptors (Lipinski definition) is 4. The average Bonchev–Trinajstić information content (AvgIpc) is 2.70. The maximum atomic E-state index is 13.4. The van der Waals surface area contributed by atoms with Crippen molar-refractivity contribution in [3.05, 3.63) is 58.4 Å². The van der Waals surface area contributed by atoms with Crippen LogP contribution in [-0.2, 0) is 0 Å². The lowest BCUT2D eigenvalue weighted by Gasteiger charge is -2.31. The lowest BCUT2D eigenvalue weighted by atomic mass is 9.98. The van der Waals surface area contributed by atoms with Crippen LogP contribution in [0, 0.1) is 19.8 Å². The molecule has 3 heterocycles. The van der Waals surface area contributed by atoms with Gasteiger partial charge in [0.2, 0.25) is 0 Å². The summed E-state index contributed by atoms with van der Waals surface area (Å²) >= 11 is 6.12. The number of halogens is 1. The number of rotatable bonds is 3. The summed E-state index contributed by atoms with van der Waals surface area (Å²) in [4.78, 5) is 24.3. The van der Waals surface area contributed by atoms with Crippen LogP contribution in [0.4, 0.5) is 11.4 Å². The second-order valence-corrected chi connectivity index (χ2v) is 8.37. The molecule has 0 atom stereocenters. The monoisotopic (exact) mass is 408 g/mol. The van der Waals surface area contributed by atoms with Gasteiger partial charge in [0.25, 0.3) is 5.91 Å². The average molecular weight is 409 g/mol. The van der Waals surface area contributed by atoms with Gasteiger partial charge in [-0.3, -0.25) is 4.79 Å². The van der Waals surface area contributed by atoms with E-state index in [2.05, 4.69) is 22.2 Å². The van der Waals surface area contributed by atoms with Crippen molar-refractivity contribution in [2.24, 2.45) is 5.92 Å². The highest BCUT2D eigenvalue weighted by atomic mass is 35.5. The first-order valence-electron chi connectivity index (χ1n) is 10.0. The van der Waals surface area contributed by atoms with Crippen molar-refractivity contribution in [1.82, 2.24) is 14.9 Å². The molecule has 150 valence electrons. The van der Waals surface area contributed by atoms with Crippen molar-refractivity contribution in [3.63, 3.8) is 0 Å². The Kier molecular flexibility index (Phi) is 5.41. The predicted octanol–water partition coefficient (Wildman–Crippen LogP) is 5.52. The number of pyridine rings is 2. The van der Waals surface area contributed by atoms with E-state index in [1.165, 1.54) is 0 Å². The van der Waals surface area contributed by atoms with Gasteiger partial charge in [-0.1, -0.05) is 18.5 Å². The maximum absolute atomic E-state index is 13.4. The number of nitrogens with one attached hydrogen (secondary N) is 1. The number of hydrogen-bond donors (Lipinski definition) is 1. The molecule has 0 saturated carbocycles. The van der Waals surface area contributed by atoms with Crippen molar-refractivity contribution >= 4 is 39.9 Å². The fraction of sp³-hybridized carbons (Fsp3) is 0.348. The molecule has 0 spiro atoms. The van der Waals surface area contributed by atoms with Crippen molar-refractivity contribution in [3.8, 4) is 0 Å². The van der Waals surface area contributed by atoms with Crippen LogP contribution < -0.4 is 5.32 Å². The van der Waals surface area contributed by atoms with Crippen molar-refractivity contribution in [2.75, 3.05) is 18.4 Å². The van der Waals surface area contributed by atoms with E-state index in [0.717, 1.165) is 53.9 Å². The molecule has 4 rings (SSSR count). The van der Waals surface area contributed by atoms with Crippen LogP contribution in [0.15, 0.2) is 36.5 Å². The van der Waals surface area contributed by atoms with Gasteiger partial charge in [0, 0.05) is 41.1 Å². The van der Waals surface area contributed by atoms with Gasteiger partial charge in [-0.05, 0) is 68.5 Å². The molecule has 0 aliphatic carbocycles. The van der Waals surface area contributed by atoms with Crippen LogP contribution in [-0.4, -0.2) is 33.9 Å². The van der Waals surface area contributed by atoms with E-state index in [4.69, 9.17) is 11.6 Å². The molecule has 0 radical (unpaired) electrons. The van der Waals surface area contributed by atoms with Gasteiger partial charge in [-0.25, -0.2) is 9.97 Å². The van der Waals surface area contributed by atoms with Gasteiger partial charge in [-0.15, -0.1) is 0 Å². The zero-order chi connectivity index (χ0) is 20.5. The number of likely N-dealkylation sites (tertiary alicyclic amines) is 1. The number of aryl methyl sites for hydroxylation is 2. The minimum Gasteiger partial charge on any atom is -0.354 e. The topological polar surface area (TPSA) is 58.1 Å². The first-order chi connectivity index (χ1) is 13.9. The summed E-state index contributed by atoms with van der Waals surface area (Å²) < 4.78 is 0. The van der Waals surface area contributed by atoms with Crippen LogP contribution in [0.5, 0.6) is 0 Å². The van der Waals surface area contributed by atoms with Crippen molar-refractivity contribution in [1.29, 1.82) is 0 Å². The molecule has 0 unspecified atom stereocenters. The number of amides is 1. The molecule has 5 nitrogen and oxygen atoms in total. The highest BCUT2D eigenvalue weighted by Gasteiger charge is 2.25. The van der Waals surface area contributed by atoms with Gasteiger partial charge in [0.15, 0.2) is 5.65 Å². The third-order valence-electron chi connectivity index (χ3n) is 5.62. The second-order valence-electron chi connectivity index (χ2n) is 7.93. The third-order valence-corrected chi connectivity index (χ3v) is 5.85. The van der Waals surface area contributed by atoms with E-state index < -0.39 is 0 Å². The summed E-state index contributed by atoms with van der Waals surface area (Å²) in [5.74, 6) is 0.677. The summed E-state index contributed by atoms with van der Waals surface area (Å²) in [6.45, 7) is 7.73. The summed E-state index contributed by atoms with van der Waals surface area (Å²) in [5, 5.41) is 4.99. The Morgan fingerprint density at radius 1 is 1.17 bits per heavy atom. The molecule has 1 N–H and O–H groups in total. The van der Waals surface area contributed by atoms with E-state index in [0.29, 0.717) is 22.2 Å². The normalized spacial score (nSPS) is 15.0. The third kappa shape index (κ3) is 4.06.